The highest BCUT2D eigenvalue weighted by Crippen LogP contribution is 2.17. The molecular weight excluding hydrogens is 254 g/mol. The van der Waals surface area contributed by atoms with Crippen molar-refractivity contribution in [2.75, 3.05) is 11.9 Å². The average molecular weight is 269 g/mol. The van der Waals surface area contributed by atoms with Crippen LogP contribution in [0.25, 0.3) is 11.4 Å². The van der Waals surface area contributed by atoms with E-state index in [4.69, 9.17) is 4.74 Å². The number of hydrogen-bond acceptors (Lipinski definition) is 4. The fourth-order valence-corrected chi connectivity index (χ4v) is 2.15. The van der Waals surface area contributed by atoms with Gasteiger partial charge in [0.25, 0.3) is 5.91 Å². The predicted octanol–water partition coefficient (Wildman–Crippen LogP) is 2.26. The van der Waals surface area contributed by atoms with E-state index in [2.05, 4.69) is 15.3 Å². The molecule has 102 valence electrons. The lowest BCUT2D eigenvalue weighted by atomic mass is 10.2. The summed E-state index contributed by atoms with van der Waals surface area (Å²) in [7, 11) is 0. The Morgan fingerprint density at radius 3 is 2.85 bits per heavy atom. The largest absolute Gasteiger partial charge is 0.368 e. The highest BCUT2D eigenvalue weighted by molar-refractivity contribution is 5.93. The Labute approximate surface area is 117 Å². The Hall–Kier alpha value is -2.27. The van der Waals surface area contributed by atoms with Crippen LogP contribution in [0.3, 0.4) is 0 Å². The molecule has 1 N–H and O–H groups in total. The zero-order valence-corrected chi connectivity index (χ0v) is 11.0. The van der Waals surface area contributed by atoms with Crippen LogP contribution >= 0.6 is 0 Å². The molecule has 1 aromatic carbocycles. The number of hydrogen-bond donors (Lipinski definition) is 1. The molecule has 1 unspecified atom stereocenters. The van der Waals surface area contributed by atoms with Gasteiger partial charge in [-0.3, -0.25) is 4.79 Å². The van der Waals surface area contributed by atoms with E-state index in [0.29, 0.717) is 18.2 Å². The molecule has 5 nitrogen and oxygen atoms in total. The summed E-state index contributed by atoms with van der Waals surface area (Å²) in [5.74, 6) is 0.954. The fourth-order valence-electron chi connectivity index (χ4n) is 2.15. The van der Waals surface area contributed by atoms with Gasteiger partial charge in [0.1, 0.15) is 11.9 Å². The van der Waals surface area contributed by atoms with Gasteiger partial charge >= 0.3 is 0 Å². The summed E-state index contributed by atoms with van der Waals surface area (Å²) in [5, 5.41) is 2.78. The first-order valence-corrected chi connectivity index (χ1v) is 6.64. The third-order valence-electron chi connectivity index (χ3n) is 3.16. The molecule has 1 aromatic heterocycles. The second-order valence-corrected chi connectivity index (χ2v) is 4.62. The van der Waals surface area contributed by atoms with Gasteiger partial charge in [-0.2, -0.15) is 0 Å². The zero-order valence-electron chi connectivity index (χ0n) is 11.0. The van der Waals surface area contributed by atoms with Crippen LogP contribution in [0.1, 0.15) is 12.8 Å². The number of aromatic nitrogens is 2. The number of benzene rings is 1. The van der Waals surface area contributed by atoms with E-state index in [0.717, 1.165) is 18.4 Å². The number of ether oxygens (including phenoxy) is 1. The van der Waals surface area contributed by atoms with Gasteiger partial charge in [-0.1, -0.05) is 30.3 Å². The smallest absolute Gasteiger partial charge is 0.254 e. The van der Waals surface area contributed by atoms with Gasteiger partial charge in [-0.15, -0.1) is 0 Å². The van der Waals surface area contributed by atoms with Crippen LogP contribution in [-0.2, 0) is 9.53 Å². The van der Waals surface area contributed by atoms with Crippen molar-refractivity contribution in [2.24, 2.45) is 0 Å². The molecule has 1 fully saturated rings. The van der Waals surface area contributed by atoms with Crippen LogP contribution in [0, 0.1) is 0 Å². The molecule has 2 aromatic rings. The molecule has 1 aliphatic rings. The maximum absolute atomic E-state index is 12.0. The maximum Gasteiger partial charge on any atom is 0.254 e. The van der Waals surface area contributed by atoms with Gasteiger partial charge in [0.2, 0.25) is 0 Å². The Morgan fingerprint density at radius 1 is 1.25 bits per heavy atom. The highest BCUT2D eigenvalue weighted by Gasteiger charge is 2.23. The molecular formula is C15H15N3O2. The molecule has 1 amide bonds. The first-order chi connectivity index (χ1) is 9.83. The molecule has 0 spiro atoms. The lowest BCUT2D eigenvalue weighted by Gasteiger charge is -2.10. The van der Waals surface area contributed by atoms with Crippen LogP contribution in [0.15, 0.2) is 42.6 Å². The number of carbonyl (C=O) groups is 1. The van der Waals surface area contributed by atoms with Crippen molar-refractivity contribution in [2.45, 2.75) is 18.9 Å². The van der Waals surface area contributed by atoms with Gasteiger partial charge in [-0.25, -0.2) is 9.97 Å². The molecule has 0 aliphatic carbocycles. The third kappa shape index (κ3) is 2.83. The van der Waals surface area contributed by atoms with Crippen molar-refractivity contribution in [3.05, 3.63) is 42.6 Å². The maximum atomic E-state index is 12.0. The standard InChI is InChI=1S/C15H15N3O2/c19-15(12-7-4-10-20-12)18-13-8-9-16-14(17-13)11-5-2-1-3-6-11/h1-3,5-6,8-9,12H,4,7,10H2,(H,16,17,18,19). The molecule has 0 bridgehead atoms. The predicted molar refractivity (Wildman–Crippen MR) is 75.1 cm³/mol. The van der Waals surface area contributed by atoms with Gasteiger partial charge in [0, 0.05) is 18.4 Å². The highest BCUT2D eigenvalue weighted by atomic mass is 16.5. The van der Waals surface area contributed by atoms with Crippen LogP contribution in [0.5, 0.6) is 0 Å². The van der Waals surface area contributed by atoms with Gasteiger partial charge < -0.3 is 10.1 Å². The molecule has 1 saturated heterocycles. The quantitative estimate of drug-likeness (QED) is 0.928. The Morgan fingerprint density at radius 2 is 2.10 bits per heavy atom. The minimum atomic E-state index is -0.356. The normalized spacial score (nSPS) is 17.9. The van der Waals surface area contributed by atoms with Crippen LogP contribution < -0.4 is 5.32 Å². The molecule has 0 saturated carbocycles. The van der Waals surface area contributed by atoms with Crippen molar-refractivity contribution < 1.29 is 9.53 Å². The monoisotopic (exact) mass is 269 g/mol. The topological polar surface area (TPSA) is 64.1 Å². The molecule has 1 aliphatic heterocycles. The van der Waals surface area contributed by atoms with Crippen molar-refractivity contribution in [3.8, 4) is 11.4 Å². The van der Waals surface area contributed by atoms with Crippen molar-refractivity contribution >= 4 is 11.7 Å². The van der Waals surface area contributed by atoms with E-state index in [1.54, 1.807) is 12.3 Å². The van der Waals surface area contributed by atoms with Crippen molar-refractivity contribution in [1.29, 1.82) is 0 Å². The number of nitrogens with zero attached hydrogens (tertiary/aromatic N) is 2. The van der Waals surface area contributed by atoms with E-state index < -0.39 is 0 Å². The Balaban J connectivity index is 1.76. The zero-order chi connectivity index (χ0) is 13.8. The molecule has 5 heteroatoms. The molecule has 1 atom stereocenters. The first kappa shape index (κ1) is 12.7. The summed E-state index contributed by atoms with van der Waals surface area (Å²) in [4.78, 5) is 20.5. The Bertz CT molecular complexity index is 595. The number of anilines is 1. The summed E-state index contributed by atoms with van der Waals surface area (Å²) in [6.07, 6.45) is 2.98. The minimum Gasteiger partial charge on any atom is -0.368 e. The van der Waals surface area contributed by atoms with Crippen molar-refractivity contribution in [3.63, 3.8) is 0 Å². The summed E-state index contributed by atoms with van der Waals surface area (Å²) in [6.45, 7) is 0.650. The van der Waals surface area contributed by atoms with Crippen LogP contribution in [0.2, 0.25) is 0 Å². The summed E-state index contributed by atoms with van der Waals surface area (Å²) in [5.41, 5.74) is 0.917. The van der Waals surface area contributed by atoms with E-state index >= 15 is 0 Å². The average Bonchev–Trinajstić information content (AvgIpc) is 3.03. The summed E-state index contributed by atoms with van der Waals surface area (Å²) < 4.78 is 5.35. The third-order valence-corrected chi connectivity index (χ3v) is 3.16. The minimum absolute atomic E-state index is 0.139. The summed E-state index contributed by atoms with van der Waals surface area (Å²) >= 11 is 0. The lowest BCUT2D eigenvalue weighted by Crippen LogP contribution is -2.27. The van der Waals surface area contributed by atoms with Gasteiger partial charge in [0.05, 0.1) is 0 Å². The fraction of sp³-hybridized carbons (Fsp3) is 0.267. The molecule has 3 rings (SSSR count). The lowest BCUT2D eigenvalue weighted by molar-refractivity contribution is -0.124. The first-order valence-electron chi connectivity index (χ1n) is 6.64. The molecule has 0 radical (unpaired) electrons. The van der Waals surface area contributed by atoms with Crippen molar-refractivity contribution in [1.82, 2.24) is 9.97 Å². The van der Waals surface area contributed by atoms with E-state index in [1.165, 1.54) is 0 Å². The second-order valence-electron chi connectivity index (χ2n) is 4.62. The van der Waals surface area contributed by atoms with Gasteiger partial charge in [-0.05, 0) is 18.9 Å². The number of rotatable bonds is 3. The molecule has 2 heterocycles. The number of nitrogens with one attached hydrogen (secondary N) is 1. The van der Waals surface area contributed by atoms with Crippen LogP contribution in [-0.4, -0.2) is 28.6 Å². The summed E-state index contributed by atoms with van der Waals surface area (Å²) in [6, 6.07) is 11.3. The second kappa shape index (κ2) is 5.79. The van der Waals surface area contributed by atoms with E-state index in [1.807, 2.05) is 30.3 Å². The molecule has 20 heavy (non-hydrogen) atoms. The SMILES string of the molecule is O=C(Nc1ccnc(-c2ccccc2)n1)C1CCCO1. The Kier molecular flexibility index (Phi) is 3.69. The van der Waals surface area contributed by atoms with E-state index in [-0.39, 0.29) is 12.0 Å². The number of carbonyl (C=O) groups excluding carboxylic acids is 1. The van der Waals surface area contributed by atoms with E-state index in [9.17, 15) is 4.79 Å². The van der Waals surface area contributed by atoms with Crippen LogP contribution in [0.4, 0.5) is 5.82 Å². The van der Waals surface area contributed by atoms with Gasteiger partial charge in [0.15, 0.2) is 5.82 Å². The number of amides is 1.